The molecule has 0 aliphatic carbocycles. The fourth-order valence-electron chi connectivity index (χ4n) is 3.16. The number of halogens is 1. The molecule has 0 saturated carbocycles. The highest BCUT2D eigenvalue weighted by Crippen LogP contribution is 2.22. The number of pyridine rings is 1. The van der Waals surface area contributed by atoms with Gasteiger partial charge >= 0.3 is 0 Å². The van der Waals surface area contributed by atoms with E-state index in [4.69, 9.17) is 11.6 Å². The average Bonchev–Trinajstić information content (AvgIpc) is 3.08. The number of hydrogen-bond donors (Lipinski definition) is 3. The maximum atomic E-state index is 6.04. The molecule has 3 N–H and O–H groups in total. The van der Waals surface area contributed by atoms with E-state index in [1.165, 1.54) is 16.5 Å². The fourth-order valence-corrected chi connectivity index (χ4v) is 3.34. The molecule has 0 atom stereocenters. The zero-order valence-corrected chi connectivity index (χ0v) is 15.6. The maximum absolute atomic E-state index is 6.04. The minimum Gasteiger partial charge on any atom is -0.361 e. The Kier molecular flexibility index (Phi) is 5.37. The molecule has 4 rings (SSSR count). The fraction of sp³-hybridized carbons (Fsp3) is 0.136. The van der Waals surface area contributed by atoms with Gasteiger partial charge in [0.15, 0.2) is 0 Å². The van der Waals surface area contributed by atoms with E-state index in [9.17, 15) is 0 Å². The predicted octanol–water partition coefficient (Wildman–Crippen LogP) is 5.29. The van der Waals surface area contributed by atoms with Gasteiger partial charge in [0.2, 0.25) is 0 Å². The summed E-state index contributed by atoms with van der Waals surface area (Å²) in [5, 5.41) is 8.85. The van der Waals surface area contributed by atoms with E-state index in [1.807, 2.05) is 30.3 Å². The second-order valence-corrected chi connectivity index (χ2v) is 6.91. The van der Waals surface area contributed by atoms with Gasteiger partial charge in [0.1, 0.15) is 5.82 Å². The largest absolute Gasteiger partial charge is 0.361 e. The normalized spacial score (nSPS) is 11.0. The van der Waals surface area contributed by atoms with Crippen LogP contribution >= 0.6 is 11.6 Å². The van der Waals surface area contributed by atoms with Crippen molar-refractivity contribution in [1.29, 1.82) is 0 Å². The second kappa shape index (κ2) is 8.25. The summed E-state index contributed by atoms with van der Waals surface area (Å²) in [5.74, 6) is 0.849. The van der Waals surface area contributed by atoms with Crippen molar-refractivity contribution in [1.82, 2.24) is 15.3 Å². The first kappa shape index (κ1) is 17.6. The SMILES string of the molecule is Clc1ccc2c(CCNCc3cccc(Nc4ccccn4)c3)c[nH]c2c1. The van der Waals surface area contributed by atoms with Crippen molar-refractivity contribution in [2.75, 3.05) is 11.9 Å². The minimum absolute atomic E-state index is 0.758. The number of aromatic nitrogens is 2. The Bertz CT molecular complexity index is 1030. The second-order valence-electron chi connectivity index (χ2n) is 6.47. The van der Waals surface area contributed by atoms with E-state index in [0.717, 1.165) is 41.6 Å². The molecule has 0 unspecified atom stereocenters. The van der Waals surface area contributed by atoms with E-state index in [1.54, 1.807) is 6.20 Å². The number of nitrogens with zero attached hydrogens (tertiary/aromatic N) is 1. The van der Waals surface area contributed by atoms with Crippen LogP contribution in [0.1, 0.15) is 11.1 Å². The van der Waals surface area contributed by atoms with Crippen molar-refractivity contribution >= 4 is 34.0 Å². The molecule has 5 heteroatoms. The molecule has 0 aliphatic rings. The third-order valence-corrected chi connectivity index (χ3v) is 4.73. The highest BCUT2D eigenvalue weighted by Gasteiger charge is 2.04. The van der Waals surface area contributed by atoms with Crippen LogP contribution in [0.25, 0.3) is 10.9 Å². The molecule has 2 aromatic heterocycles. The van der Waals surface area contributed by atoms with Gasteiger partial charge in [-0.2, -0.15) is 0 Å². The summed E-state index contributed by atoms with van der Waals surface area (Å²) in [4.78, 5) is 7.59. The van der Waals surface area contributed by atoms with E-state index in [2.05, 4.69) is 57.1 Å². The van der Waals surface area contributed by atoms with Crippen molar-refractivity contribution in [3.05, 3.63) is 89.2 Å². The number of benzene rings is 2. The predicted molar refractivity (Wildman–Crippen MR) is 113 cm³/mol. The molecule has 0 radical (unpaired) electrons. The Morgan fingerprint density at radius 1 is 1.00 bits per heavy atom. The van der Waals surface area contributed by atoms with Crippen LogP contribution in [0.3, 0.4) is 0 Å². The number of nitrogens with one attached hydrogen (secondary N) is 3. The van der Waals surface area contributed by atoms with Crippen LogP contribution in [-0.2, 0) is 13.0 Å². The number of fused-ring (bicyclic) bond motifs is 1. The first-order chi connectivity index (χ1) is 13.3. The summed E-state index contributed by atoms with van der Waals surface area (Å²) in [6, 6.07) is 20.2. The molecule has 4 aromatic rings. The molecule has 0 saturated heterocycles. The van der Waals surface area contributed by atoms with Gasteiger partial charge in [0.05, 0.1) is 0 Å². The molecule has 0 bridgehead atoms. The van der Waals surface area contributed by atoms with Crippen LogP contribution in [0.2, 0.25) is 5.02 Å². The van der Waals surface area contributed by atoms with E-state index in [-0.39, 0.29) is 0 Å². The van der Waals surface area contributed by atoms with E-state index >= 15 is 0 Å². The molecule has 136 valence electrons. The van der Waals surface area contributed by atoms with Gasteiger partial charge in [0.25, 0.3) is 0 Å². The molecule has 2 aromatic carbocycles. The molecule has 27 heavy (non-hydrogen) atoms. The van der Waals surface area contributed by atoms with Crippen LogP contribution in [0.5, 0.6) is 0 Å². The van der Waals surface area contributed by atoms with E-state index < -0.39 is 0 Å². The quantitative estimate of drug-likeness (QED) is 0.384. The van der Waals surface area contributed by atoms with Crippen LogP contribution in [0, 0.1) is 0 Å². The Balaban J connectivity index is 1.32. The van der Waals surface area contributed by atoms with Crippen molar-refractivity contribution in [3.63, 3.8) is 0 Å². The lowest BCUT2D eigenvalue weighted by Gasteiger charge is -2.09. The van der Waals surface area contributed by atoms with Gasteiger partial charge in [-0.1, -0.05) is 35.9 Å². The molecule has 0 amide bonds. The third-order valence-electron chi connectivity index (χ3n) is 4.49. The molecular weight excluding hydrogens is 356 g/mol. The van der Waals surface area contributed by atoms with Crippen LogP contribution < -0.4 is 10.6 Å². The first-order valence-electron chi connectivity index (χ1n) is 9.01. The smallest absolute Gasteiger partial charge is 0.130 e. The summed E-state index contributed by atoms with van der Waals surface area (Å²) in [6.07, 6.45) is 4.82. The first-order valence-corrected chi connectivity index (χ1v) is 9.39. The minimum atomic E-state index is 0.758. The van der Waals surface area contributed by atoms with Crippen molar-refractivity contribution in [2.24, 2.45) is 0 Å². The third kappa shape index (κ3) is 4.48. The summed E-state index contributed by atoms with van der Waals surface area (Å²) in [7, 11) is 0. The number of H-pyrrole nitrogens is 1. The molecular formula is C22H21ClN4. The zero-order valence-electron chi connectivity index (χ0n) is 14.9. The van der Waals surface area contributed by atoms with Crippen LogP contribution in [0.4, 0.5) is 11.5 Å². The Morgan fingerprint density at radius 2 is 1.96 bits per heavy atom. The molecule has 0 aliphatic heterocycles. The molecule has 0 fully saturated rings. The van der Waals surface area contributed by atoms with Gasteiger partial charge in [-0.15, -0.1) is 0 Å². The van der Waals surface area contributed by atoms with Crippen molar-refractivity contribution in [2.45, 2.75) is 13.0 Å². The molecule has 2 heterocycles. The van der Waals surface area contributed by atoms with Gasteiger partial charge in [0, 0.05) is 40.6 Å². The maximum Gasteiger partial charge on any atom is 0.130 e. The lowest BCUT2D eigenvalue weighted by Crippen LogP contribution is -2.16. The van der Waals surface area contributed by atoms with Crippen molar-refractivity contribution in [3.8, 4) is 0 Å². The Labute approximate surface area is 163 Å². The summed E-state index contributed by atoms with van der Waals surface area (Å²) in [6.45, 7) is 1.74. The molecule has 0 spiro atoms. The number of hydrogen-bond acceptors (Lipinski definition) is 3. The van der Waals surface area contributed by atoms with Crippen LogP contribution in [-0.4, -0.2) is 16.5 Å². The van der Waals surface area contributed by atoms with Gasteiger partial charge < -0.3 is 15.6 Å². The monoisotopic (exact) mass is 376 g/mol. The Morgan fingerprint density at radius 3 is 2.85 bits per heavy atom. The molecule has 4 nitrogen and oxygen atoms in total. The van der Waals surface area contributed by atoms with Gasteiger partial charge in [-0.25, -0.2) is 4.98 Å². The lowest BCUT2D eigenvalue weighted by molar-refractivity contribution is 0.688. The van der Waals surface area contributed by atoms with Gasteiger partial charge in [-0.3, -0.25) is 0 Å². The van der Waals surface area contributed by atoms with Crippen LogP contribution in [0.15, 0.2) is 73.1 Å². The number of anilines is 2. The summed E-state index contributed by atoms with van der Waals surface area (Å²) in [5.41, 5.74) is 4.67. The topological polar surface area (TPSA) is 52.7 Å². The van der Waals surface area contributed by atoms with E-state index in [0.29, 0.717) is 0 Å². The standard InChI is InChI=1S/C22H21ClN4/c23-18-7-8-20-17(15-26-21(20)13-18)9-11-24-14-16-4-3-5-19(12-16)27-22-6-1-2-10-25-22/h1-8,10,12-13,15,24,26H,9,11,14H2,(H,25,27). The highest BCUT2D eigenvalue weighted by molar-refractivity contribution is 6.31. The summed E-state index contributed by atoms with van der Waals surface area (Å²) >= 11 is 6.04. The number of rotatable bonds is 7. The number of aromatic amines is 1. The van der Waals surface area contributed by atoms with Gasteiger partial charge in [-0.05, 0) is 60.5 Å². The summed E-state index contributed by atoms with van der Waals surface area (Å²) < 4.78 is 0. The highest BCUT2D eigenvalue weighted by atomic mass is 35.5. The lowest BCUT2D eigenvalue weighted by atomic mass is 10.1. The van der Waals surface area contributed by atoms with Crippen molar-refractivity contribution < 1.29 is 0 Å². The zero-order chi connectivity index (χ0) is 18.5. The Hall–Kier alpha value is -2.82. The average molecular weight is 377 g/mol.